The molecule has 0 aliphatic carbocycles. The summed E-state index contributed by atoms with van der Waals surface area (Å²) in [5, 5.41) is 16.9. The highest BCUT2D eigenvalue weighted by molar-refractivity contribution is 7.87. The fourth-order valence-electron chi connectivity index (χ4n) is 1.22. The number of hydrogen-bond acceptors (Lipinski definition) is 7. The fourth-order valence-corrected chi connectivity index (χ4v) is 1.61. The number of anilines is 2. The number of nitrogens with two attached hydrogens (primary N) is 2. The van der Waals surface area contributed by atoms with Crippen LogP contribution in [0, 0.1) is 0 Å². The Balaban J connectivity index is 0.000000438. The topological polar surface area (TPSA) is 187 Å². The zero-order valence-corrected chi connectivity index (χ0v) is 13.0. The van der Waals surface area contributed by atoms with Gasteiger partial charge in [-0.3, -0.25) is 24.3 Å². The van der Waals surface area contributed by atoms with Crippen LogP contribution in [0.4, 0.5) is 11.4 Å². The summed E-state index contributed by atoms with van der Waals surface area (Å²) in [6.45, 7) is -0.932. The van der Waals surface area contributed by atoms with Gasteiger partial charge >= 0.3 is 22.2 Å². The van der Waals surface area contributed by atoms with Gasteiger partial charge in [-0.05, 0) is 24.3 Å². The van der Waals surface area contributed by atoms with Gasteiger partial charge in [0.25, 0.3) is 0 Å². The van der Waals surface area contributed by atoms with Gasteiger partial charge in [0.1, 0.15) is 13.1 Å². The van der Waals surface area contributed by atoms with E-state index < -0.39 is 35.3 Å². The highest BCUT2D eigenvalue weighted by Crippen LogP contribution is 2.16. The number of rotatable bonds is 6. The molecule has 0 saturated carbocycles. The molecular weight excluding hydrogens is 332 g/mol. The van der Waals surface area contributed by atoms with Crippen molar-refractivity contribution in [3.63, 3.8) is 0 Å². The SMILES string of the molecule is CN(c1ccc(N)cc1)S(=O)(=O)O.NN(CC(=O)O)CC(=O)O. The second-order valence-electron chi connectivity index (χ2n) is 4.23. The molecule has 7 N–H and O–H groups in total. The Hall–Kier alpha value is -2.41. The summed E-state index contributed by atoms with van der Waals surface area (Å²) in [7, 11) is -2.93. The molecule has 0 unspecified atom stereocenters. The molecule has 0 atom stereocenters. The summed E-state index contributed by atoms with van der Waals surface area (Å²) in [6, 6.07) is 6.11. The molecule has 12 heteroatoms. The van der Waals surface area contributed by atoms with E-state index in [2.05, 4.69) is 0 Å². The Labute approximate surface area is 132 Å². The van der Waals surface area contributed by atoms with Crippen molar-refractivity contribution in [1.82, 2.24) is 5.01 Å². The minimum Gasteiger partial charge on any atom is -0.480 e. The van der Waals surface area contributed by atoms with Gasteiger partial charge in [-0.25, -0.2) is 5.01 Å². The number of nitrogens with zero attached hydrogens (tertiary/aromatic N) is 2. The first-order valence-electron chi connectivity index (χ1n) is 5.93. The highest BCUT2D eigenvalue weighted by Gasteiger charge is 2.13. The van der Waals surface area contributed by atoms with E-state index in [-0.39, 0.29) is 0 Å². The van der Waals surface area contributed by atoms with Gasteiger partial charge in [0.15, 0.2) is 0 Å². The lowest BCUT2D eigenvalue weighted by molar-refractivity contribution is -0.141. The van der Waals surface area contributed by atoms with Crippen molar-refractivity contribution in [2.45, 2.75) is 0 Å². The summed E-state index contributed by atoms with van der Waals surface area (Å²) in [6.07, 6.45) is 0. The van der Waals surface area contributed by atoms with E-state index >= 15 is 0 Å². The van der Waals surface area contributed by atoms with E-state index in [0.29, 0.717) is 16.4 Å². The van der Waals surface area contributed by atoms with Crippen LogP contribution in [0.15, 0.2) is 24.3 Å². The van der Waals surface area contributed by atoms with E-state index in [9.17, 15) is 18.0 Å². The van der Waals surface area contributed by atoms with E-state index in [1.807, 2.05) is 0 Å². The average Bonchev–Trinajstić information content (AvgIpc) is 2.36. The standard InChI is InChI=1S/C7H10N2O3S.C4H8N2O4/c1-9(13(10,11)12)7-4-2-6(8)3-5-7;5-6(1-3(7)8)2-4(9)10/h2-5H,8H2,1H3,(H,10,11,12);1-2,5H2,(H,7,8)(H,9,10). The fraction of sp³-hybridized carbons (Fsp3) is 0.273. The monoisotopic (exact) mass is 350 g/mol. The van der Waals surface area contributed by atoms with Gasteiger partial charge < -0.3 is 15.9 Å². The summed E-state index contributed by atoms with van der Waals surface area (Å²) >= 11 is 0. The predicted molar refractivity (Wildman–Crippen MR) is 81.8 cm³/mol. The van der Waals surface area contributed by atoms with Crippen molar-refractivity contribution in [1.29, 1.82) is 0 Å². The number of nitrogen functional groups attached to an aromatic ring is 1. The van der Waals surface area contributed by atoms with Gasteiger partial charge in [0, 0.05) is 12.7 Å². The number of hydrogen-bond donors (Lipinski definition) is 5. The Bertz CT molecular complexity index is 616. The smallest absolute Gasteiger partial charge is 0.359 e. The zero-order valence-electron chi connectivity index (χ0n) is 12.2. The van der Waals surface area contributed by atoms with Crippen molar-refractivity contribution in [2.24, 2.45) is 5.84 Å². The summed E-state index contributed by atoms with van der Waals surface area (Å²) in [5.41, 5.74) is 6.30. The van der Waals surface area contributed by atoms with Crippen LogP contribution in [0.3, 0.4) is 0 Å². The predicted octanol–water partition coefficient (Wildman–Crippen LogP) is -1.16. The Morgan fingerprint density at radius 2 is 1.48 bits per heavy atom. The first-order chi connectivity index (χ1) is 10.4. The van der Waals surface area contributed by atoms with Gasteiger partial charge in [-0.15, -0.1) is 0 Å². The van der Waals surface area contributed by atoms with E-state index in [1.165, 1.54) is 19.2 Å². The van der Waals surface area contributed by atoms with Crippen LogP contribution >= 0.6 is 0 Å². The zero-order chi connectivity index (χ0) is 18.2. The van der Waals surface area contributed by atoms with Crippen molar-refractivity contribution < 1.29 is 32.8 Å². The molecule has 0 saturated heterocycles. The molecule has 0 aliphatic rings. The maximum atomic E-state index is 10.7. The lowest BCUT2D eigenvalue weighted by Gasteiger charge is -2.14. The van der Waals surface area contributed by atoms with Crippen LogP contribution in [0.1, 0.15) is 0 Å². The molecule has 1 aromatic carbocycles. The summed E-state index contributed by atoms with van der Waals surface area (Å²) in [4.78, 5) is 19.8. The van der Waals surface area contributed by atoms with Gasteiger partial charge in [0.2, 0.25) is 0 Å². The molecule has 0 aliphatic heterocycles. The highest BCUT2D eigenvalue weighted by atomic mass is 32.2. The second-order valence-corrected chi connectivity index (χ2v) is 5.67. The summed E-state index contributed by atoms with van der Waals surface area (Å²) in [5.74, 6) is 2.65. The first kappa shape index (κ1) is 20.6. The van der Waals surface area contributed by atoms with Crippen molar-refractivity contribution in [3.8, 4) is 0 Å². The van der Waals surface area contributed by atoms with Crippen LogP contribution in [0.2, 0.25) is 0 Å². The van der Waals surface area contributed by atoms with Crippen molar-refractivity contribution >= 4 is 33.6 Å². The first-order valence-corrected chi connectivity index (χ1v) is 7.33. The molecule has 11 nitrogen and oxygen atoms in total. The van der Waals surface area contributed by atoms with Gasteiger partial charge in [-0.2, -0.15) is 8.42 Å². The molecule has 0 bridgehead atoms. The molecule has 1 rings (SSSR count). The number of hydrazine groups is 1. The Morgan fingerprint density at radius 3 is 1.78 bits per heavy atom. The van der Waals surface area contributed by atoms with E-state index in [0.717, 1.165) is 4.31 Å². The maximum absolute atomic E-state index is 10.7. The Morgan fingerprint density at radius 1 is 1.09 bits per heavy atom. The Kier molecular flexibility index (Phi) is 7.96. The van der Waals surface area contributed by atoms with Crippen LogP contribution in [-0.4, -0.2) is 60.3 Å². The summed E-state index contributed by atoms with van der Waals surface area (Å²) < 4.78 is 30.8. The molecule has 23 heavy (non-hydrogen) atoms. The molecule has 1 aromatic rings. The quantitative estimate of drug-likeness (QED) is 0.181. The minimum absolute atomic E-state index is 0.358. The lowest BCUT2D eigenvalue weighted by atomic mass is 10.3. The molecule has 0 spiro atoms. The molecule has 130 valence electrons. The molecule has 0 amide bonds. The molecule has 0 aromatic heterocycles. The molecule has 0 radical (unpaired) electrons. The van der Waals surface area contributed by atoms with Crippen LogP contribution in [-0.2, 0) is 19.9 Å². The molecular formula is C11H18N4O7S. The van der Waals surface area contributed by atoms with Crippen LogP contribution < -0.4 is 15.9 Å². The number of aliphatic carboxylic acids is 2. The van der Waals surface area contributed by atoms with Crippen LogP contribution in [0.5, 0.6) is 0 Å². The second kappa shape index (κ2) is 8.89. The van der Waals surface area contributed by atoms with Crippen molar-refractivity contribution in [3.05, 3.63) is 24.3 Å². The normalized spacial score (nSPS) is 10.6. The average molecular weight is 350 g/mol. The maximum Gasteiger partial charge on any atom is 0.359 e. The number of benzene rings is 1. The van der Waals surface area contributed by atoms with E-state index in [4.69, 9.17) is 26.3 Å². The van der Waals surface area contributed by atoms with Crippen LogP contribution in [0.25, 0.3) is 0 Å². The number of carboxylic acid groups (broad SMARTS) is 2. The third-order valence-electron chi connectivity index (χ3n) is 2.28. The van der Waals surface area contributed by atoms with E-state index in [1.54, 1.807) is 12.1 Å². The minimum atomic E-state index is -4.18. The molecule has 0 heterocycles. The van der Waals surface area contributed by atoms with Gasteiger partial charge in [0.05, 0.1) is 5.69 Å². The third-order valence-corrected chi connectivity index (χ3v) is 3.18. The van der Waals surface area contributed by atoms with Gasteiger partial charge in [-0.1, -0.05) is 0 Å². The number of carboxylic acids is 2. The largest absolute Gasteiger partial charge is 0.480 e. The van der Waals surface area contributed by atoms with Crippen molar-refractivity contribution in [2.75, 3.05) is 30.2 Å². The third kappa shape index (κ3) is 9.26. The lowest BCUT2D eigenvalue weighted by Crippen LogP contribution is -2.39. The number of carbonyl (C=O) groups is 2. The molecule has 0 fully saturated rings.